The van der Waals surface area contributed by atoms with Crippen LogP contribution in [0.15, 0.2) is 34.9 Å². The van der Waals surface area contributed by atoms with E-state index >= 15 is 0 Å². The lowest BCUT2D eigenvalue weighted by molar-refractivity contribution is 0.414. The average Bonchev–Trinajstić information content (AvgIpc) is 2.67. The highest BCUT2D eigenvalue weighted by molar-refractivity contribution is 14.1. The van der Waals surface area contributed by atoms with Gasteiger partial charge in [0.25, 0.3) is 0 Å². The second kappa shape index (κ2) is 5.86. The number of benzene rings is 1. The maximum absolute atomic E-state index is 5.13. The van der Waals surface area contributed by atoms with E-state index in [1.54, 1.807) is 7.11 Å². The first kappa shape index (κ1) is 12.9. The number of aryl methyl sites for hydroxylation is 2. The zero-order valence-electron chi connectivity index (χ0n) is 9.36. The maximum atomic E-state index is 5.13. The number of ether oxygens (including phenoxy) is 1. The van der Waals surface area contributed by atoms with Crippen molar-refractivity contribution in [3.63, 3.8) is 0 Å². The minimum atomic E-state index is 0.883. The van der Waals surface area contributed by atoms with Crippen molar-refractivity contribution in [2.45, 2.75) is 13.0 Å². The molecule has 1 aromatic carbocycles. The molecule has 0 aliphatic heterocycles. The van der Waals surface area contributed by atoms with Crippen LogP contribution in [0.1, 0.15) is 5.56 Å². The zero-order valence-corrected chi connectivity index (χ0v) is 13.1. The number of rotatable bonds is 4. The summed E-state index contributed by atoms with van der Waals surface area (Å²) in [6.45, 7) is 0.883. The van der Waals surface area contributed by atoms with Crippen LogP contribution in [0.25, 0.3) is 0 Å². The van der Waals surface area contributed by atoms with Gasteiger partial charge in [-0.3, -0.25) is 4.68 Å². The molecule has 0 radical (unpaired) electrons. The van der Waals surface area contributed by atoms with Gasteiger partial charge in [0, 0.05) is 12.7 Å². The number of aromatic nitrogens is 2. The molecule has 5 heteroatoms. The third-order valence-electron chi connectivity index (χ3n) is 2.46. The molecular formula is C12H12BrIN2O. The molecule has 1 aromatic heterocycles. The second-order valence-electron chi connectivity index (χ2n) is 3.63. The molecule has 0 aliphatic rings. The van der Waals surface area contributed by atoms with Crippen molar-refractivity contribution in [3.8, 4) is 5.75 Å². The molecule has 0 spiro atoms. The van der Waals surface area contributed by atoms with Crippen LogP contribution in [-0.2, 0) is 13.0 Å². The normalized spacial score (nSPS) is 10.5. The quantitative estimate of drug-likeness (QED) is 0.726. The Balaban J connectivity index is 1.97. The van der Waals surface area contributed by atoms with Gasteiger partial charge in [0.2, 0.25) is 0 Å². The zero-order chi connectivity index (χ0) is 12.3. The van der Waals surface area contributed by atoms with Crippen molar-refractivity contribution in [1.82, 2.24) is 9.78 Å². The first-order valence-corrected chi connectivity index (χ1v) is 7.07. The minimum Gasteiger partial charge on any atom is -0.497 e. The molecule has 0 atom stereocenters. The molecule has 0 aliphatic carbocycles. The molecule has 2 rings (SSSR count). The van der Waals surface area contributed by atoms with Crippen LogP contribution in [0.4, 0.5) is 0 Å². The summed E-state index contributed by atoms with van der Waals surface area (Å²) in [5.41, 5.74) is 1.28. The van der Waals surface area contributed by atoms with Crippen molar-refractivity contribution in [2.75, 3.05) is 7.11 Å². The first-order valence-electron chi connectivity index (χ1n) is 5.20. The van der Waals surface area contributed by atoms with E-state index in [9.17, 15) is 0 Å². The molecule has 0 unspecified atom stereocenters. The Morgan fingerprint density at radius 3 is 2.59 bits per heavy atom. The van der Waals surface area contributed by atoms with Gasteiger partial charge in [-0.15, -0.1) is 0 Å². The largest absolute Gasteiger partial charge is 0.497 e. The highest BCUT2D eigenvalue weighted by Crippen LogP contribution is 2.17. The van der Waals surface area contributed by atoms with E-state index in [4.69, 9.17) is 4.74 Å². The van der Waals surface area contributed by atoms with E-state index < -0.39 is 0 Å². The third kappa shape index (κ3) is 3.45. The molecule has 0 bridgehead atoms. The standard InChI is InChI=1S/C12H12BrIN2O/c1-17-10-4-2-9(3-5-10)6-7-16-8-11(13)12(14)15-16/h2-5,8H,6-7H2,1H3. The average molecular weight is 407 g/mol. The van der Waals surface area contributed by atoms with Gasteiger partial charge in [-0.2, -0.15) is 5.10 Å². The van der Waals surface area contributed by atoms with Gasteiger partial charge in [0.15, 0.2) is 0 Å². The molecule has 1 heterocycles. The SMILES string of the molecule is COc1ccc(CCn2cc(Br)c(I)n2)cc1. The number of halogens is 2. The Morgan fingerprint density at radius 2 is 2.06 bits per heavy atom. The third-order valence-corrected chi connectivity index (χ3v) is 4.58. The van der Waals surface area contributed by atoms with Crippen molar-refractivity contribution in [3.05, 3.63) is 44.2 Å². The summed E-state index contributed by atoms with van der Waals surface area (Å²) < 4.78 is 9.13. The monoisotopic (exact) mass is 406 g/mol. The van der Waals surface area contributed by atoms with Gasteiger partial charge in [-0.25, -0.2) is 0 Å². The first-order chi connectivity index (χ1) is 8.19. The van der Waals surface area contributed by atoms with Crippen molar-refractivity contribution in [1.29, 1.82) is 0 Å². The molecule has 17 heavy (non-hydrogen) atoms. The van der Waals surface area contributed by atoms with Crippen LogP contribution in [0.3, 0.4) is 0 Å². The molecule has 0 amide bonds. The fraction of sp³-hybridized carbons (Fsp3) is 0.250. The number of methoxy groups -OCH3 is 1. The fourth-order valence-corrected chi connectivity index (χ4v) is 2.26. The Morgan fingerprint density at radius 1 is 1.35 bits per heavy atom. The lowest BCUT2D eigenvalue weighted by Crippen LogP contribution is -2.02. The lowest BCUT2D eigenvalue weighted by atomic mass is 10.1. The summed E-state index contributed by atoms with van der Waals surface area (Å²) in [6, 6.07) is 8.14. The molecule has 2 aromatic rings. The highest BCUT2D eigenvalue weighted by Gasteiger charge is 2.02. The lowest BCUT2D eigenvalue weighted by Gasteiger charge is -2.03. The molecule has 0 N–H and O–H groups in total. The Kier molecular flexibility index (Phi) is 4.44. The number of hydrogen-bond donors (Lipinski definition) is 0. The van der Waals surface area contributed by atoms with Crippen LogP contribution in [-0.4, -0.2) is 16.9 Å². The van der Waals surface area contributed by atoms with Crippen molar-refractivity contribution >= 4 is 38.5 Å². The van der Waals surface area contributed by atoms with Crippen LogP contribution >= 0.6 is 38.5 Å². The summed E-state index contributed by atoms with van der Waals surface area (Å²) in [5.74, 6) is 0.894. The van der Waals surface area contributed by atoms with Crippen molar-refractivity contribution < 1.29 is 4.74 Å². The van der Waals surface area contributed by atoms with Crippen LogP contribution in [0, 0.1) is 3.70 Å². The summed E-state index contributed by atoms with van der Waals surface area (Å²) in [4.78, 5) is 0. The maximum Gasteiger partial charge on any atom is 0.137 e. The molecular weight excluding hydrogens is 395 g/mol. The Bertz CT molecular complexity index is 476. The smallest absolute Gasteiger partial charge is 0.137 e. The van der Waals surface area contributed by atoms with Crippen LogP contribution < -0.4 is 4.74 Å². The minimum absolute atomic E-state index is 0.883. The summed E-state index contributed by atoms with van der Waals surface area (Å²) in [6.07, 6.45) is 2.97. The van der Waals surface area contributed by atoms with E-state index in [2.05, 4.69) is 55.8 Å². The summed E-state index contributed by atoms with van der Waals surface area (Å²) in [5, 5.41) is 4.39. The van der Waals surface area contributed by atoms with Gasteiger partial charge < -0.3 is 4.74 Å². The van der Waals surface area contributed by atoms with E-state index in [1.165, 1.54) is 5.56 Å². The van der Waals surface area contributed by atoms with E-state index in [-0.39, 0.29) is 0 Å². The molecule has 90 valence electrons. The van der Waals surface area contributed by atoms with E-state index in [0.29, 0.717) is 0 Å². The van der Waals surface area contributed by atoms with Crippen LogP contribution in [0.5, 0.6) is 5.75 Å². The van der Waals surface area contributed by atoms with E-state index in [1.807, 2.05) is 23.0 Å². The van der Waals surface area contributed by atoms with Gasteiger partial charge >= 0.3 is 0 Å². The number of hydrogen-bond acceptors (Lipinski definition) is 2. The Labute approximate surface area is 122 Å². The predicted molar refractivity (Wildman–Crippen MR) is 79.3 cm³/mol. The summed E-state index contributed by atoms with van der Waals surface area (Å²) >= 11 is 5.67. The van der Waals surface area contributed by atoms with Crippen molar-refractivity contribution in [2.24, 2.45) is 0 Å². The summed E-state index contributed by atoms with van der Waals surface area (Å²) in [7, 11) is 1.68. The van der Waals surface area contributed by atoms with E-state index in [0.717, 1.165) is 26.9 Å². The van der Waals surface area contributed by atoms with Gasteiger partial charge in [0.05, 0.1) is 11.6 Å². The molecule has 3 nitrogen and oxygen atoms in total. The molecule has 0 saturated carbocycles. The second-order valence-corrected chi connectivity index (χ2v) is 5.51. The predicted octanol–water partition coefficient (Wildman–Crippen LogP) is 3.50. The topological polar surface area (TPSA) is 27.1 Å². The fourth-order valence-electron chi connectivity index (χ4n) is 1.52. The molecule has 0 saturated heterocycles. The van der Waals surface area contributed by atoms with Gasteiger partial charge in [-0.05, 0) is 62.6 Å². The van der Waals surface area contributed by atoms with Gasteiger partial charge in [-0.1, -0.05) is 12.1 Å². The molecule has 0 fully saturated rings. The van der Waals surface area contributed by atoms with Crippen LogP contribution in [0.2, 0.25) is 0 Å². The highest BCUT2D eigenvalue weighted by atomic mass is 127. The Hall–Kier alpha value is -0.560. The number of nitrogens with zero attached hydrogens (tertiary/aromatic N) is 2. The van der Waals surface area contributed by atoms with Gasteiger partial charge in [0.1, 0.15) is 9.45 Å².